The van der Waals surface area contributed by atoms with E-state index in [0.29, 0.717) is 6.54 Å². The van der Waals surface area contributed by atoms with E-state index in [-0.39, 0.29) is 30.6 Å². The van der Waals surface area contributed by atoms with Crippen LogP contribution in [-0.2, 0) is 27.4 Å². The van der Waals surface area contributed by atoms with Crippen LogP contribution >= 0.6 is 11.8 Å². The highest BCUT2D eigenvalue weighted by molar-refractivity contribution is 7.99. The average Bonchev–Trinajstić information content (AvgIpc) is 3.00. The predicted molar refractivity (Wildman–Crippen MR) is 157 cm³/mol. The number of aliphatic hydroxyl groups is 1. The Morgan fingerprint density at radius 3 is 2.38 bits per heavy atom. The van der Waals surface area contributed by atoms with Gasteiger partial charge in [-0.15, -0.1) is 11.8 Å². The summed E-state index contributed by atoms with van der Waals surface area (Å²) in [6, 6.07) is 30.4. The molecule has 1 aliphatic heterocycles. The van der Waals surface area contributed by atoms with Crippen LogP contribution in [0.1, 0.15) is 48.5 Å². The van der Waals surface area contributed by atoms with Crippen LogP contribution in [0.15, 0.2) is 102 Å². The Balaban J connectivity index is 1.36. The second kappa shape index (κ2) is 13.2. The van der Waals surface area contributed by atoms with E-state index in [1.54, 1.807) is 11.8 Å². The fourth-order valence-electron chi connectivity index (χ4n) is 4.83. The Hall–Kier alpha value is -3.49. The SMILES string of the molecule is CC(=O)NCc1cccc(-c2ccc([C@H]3O[C@@H](CSc4ccccn4)[C@@H](C)[C@@H](c4ccc(CO)cc4)O3)cc2)c1. The van der Waals surface area contributed by atoms with Crippen LogP contribution < -0.4 is 5.32 Å². The second-order valence-electron chi connectivity index (χ2n) is 10.0. The number of hydrogen-bond acceptors (Lipinski definition) is 6. The molecule has 0 radical (unpaired) electrons. The number of aromatic nitrogens is 1. The Kier molecular flexibility index (Phi) is 9.29. The summed E-state index contributed by atoms with van der Waals surface area (Å²) < 4.78 is 13.2. The number of pyridine rings is 1. The number of amides is 1. The van der Waals surface area contributed by atoms with E-state index in [1.807, 2.05) is 60.8 Å². The molecule has 1 aromatic heterocycles. The molecule has 2 heterocycles. The highest BCUT2D eigenvalue weighted by Crippen LogP contribution is 2.43. The molecule has 0 saturated carbocycles. The molecule has 2 N–H and O–H groups in total. The molecule has 7 heteroatoms. The molecular weight excluding hydrogens is 520 g/mol. The molecule has 0 bridgehead atoms. The number of rotatable bonds is 9. The normalized spacial score (nSPS) is 20.7. The largest absolute Gasteiger partial charge is 0.392 e. The number of aliphatic hydroxyl groups excluding tert-OH is 1. The van der Waals surface area contributed by atoms with E-state index in [1.165, 1.54) is 6.92 Å². The molecule has 0 spiro atoms. The van der Waals surface area contributed by atoms with E-state index in [2.05, 4.69) is 53.6 Å². The first kappa shape index (κ1) is 28.1. The van der Waals surface area contributed by atoms with Gasteiger partial charge in [0.05, 0.1) is 23.8 Å². The van der Waals surface area contributed by atoms with Gasteiger partial charge in [-0.25, -0.2) is 4.98 Å². The van der Waals surface area contributed by atoms with Gasteiger partial charge in [-0.2, -0.15) is 0 Å². The summed E-state index contributed by atoms with van der Waals surface area (Å²) in [5.74, 6) is 0.816. The van der Waals surface area contributed by atoms with Crippen molar-refractivity contribution in [3.05, 3.63) is 119 Å². The fraction of sp³-hybridized carbons (Fsp3) is 0.273. The van der Waals surface area contributed by atoms with Crippen molar-refractivity contribution < 1.29 is 19.4 Å². The van der Waals surface area contributed by atoms with E-state index in [4.69, 9.17) is 9.47 Å². The molecule has 3 aromatic carbocycles. The quantitative estimate of drug-likeness (QED) is 0.231. The van der Waals surface area contributed by atoms with Crippen molar-refractivity contribution in [2.45, 2.75) is 50.5 Å². The lowest BCUT2D eigenvalue weighted by molar-refractivity contribution is -0.268. The first-order valence-corrected chi connectivity index (χ1v) is 14.5. The van der Waals surface area contributed by atoms with Gasteiger partial charge in [0.25, 0.3) is 0 Å². The van der Waals surface area contributed by atoms with E-state index >= 15 is 0 Å². The van der Waals surface area contributed by atoms with E-state index in [0.717, 1.165) is 44.2 Å². The fourth-order valence-corrected chi connectivity index (χ4v) is 5.86. The van der Waals surface area contributed by atoms with E-state index in [9.17, 15) is 9.90 Å². The standard InChI is InChI=1S/C33H34N2O4S/c1-22-30(21-40-31-8-3-4-17-34-31)38-33(39-32(22)27-11-9-24(20-36)10-12-27)28-15-13-26(14-16-28)29-7-5-6-25(18-29)19-35-23(2)37/h3-18,22,30,32-33,36H,19-21H2,1-2H3,(H,35,37)/t22-,30+,32+,33+/m1/s1. The Morgan fingerprint density at radius 2 is 1.68 bits per heavy atom. The van der Waals surface area contributed by atoms with Crippen LogP contribution in [0.5, 0.6) is 0 Å². The third-order valence-corrected chi connectivity index (χ3v) is 8.17. The van der Waals surface area contributed by atoms with Gasteiger partial charge < -0.3 is 19.9 Å². The van der Waals surface area contributed by atoms with Crippen molar-refractivity contribution in [1.29, 1.82) is 0 Å². The second-order valence-corrected chi connectivity index (χ2v) is 11.1. The molecule has 5 rings (SSSR count). The first-order chi connectivity index (χ1) is 19.5. The number of carbonyl (C=O) groups is 1. The summed E-state index contributed by atoms with van der Waals surface area (Å²) >= 11 is 1.69. The smallest absolute Gasteiger partial charge is 0.217 e. The van der Waals surface area contributed by atoms with Gasteiger partial charge in [-0.1, -0.05) is 79.7 Å². The number of thioether (sulfide) groups is 1. The third kappa shape index (κ3) is 6.98. The molecule has 1 aliphatic rings. The van der Waals surface area contributed by atoms with Gasteiger partial charge >= 0.3 is 0 Å². The molecule has 6 nitrogen and oxygen atoms in total. The van der Waals surface area contributed by atoms with Gasteiger partial charge in [-0.05, 0) is 46.0 Å². The highest BCUT2D eigenvalue weighted by Gasteiger charge is 2.38. The van der Waals surface area contributed by atoms with Crippen LogP contribution in [0.2, 0.25) is 0 Å². The number of hydrogen-bond donors (Lipinski definition) is 2. The Labute approximate surface area is 239 Å². The average molecular weight is 555 g/mol. The topological polar surface area (TPSA) is 80.7 Å². The Morgan fingerprint density at radius 1 is 0.900 bits per heavy atom. The molecular formula is C33H34N2O4S. The number of benzene rings is 3. The molecule has 206 valence electrons. The monoisotopic (exact) mass is 554 g/mol. The van der Waals surface area contributed by atoms with E-state index < -0.39 is 6.29 Å². The van der Waals surface area contributed by atoms with Crippen molar-refractivity contribution in [3.8, 4) is 11.1 Å². The summed E-state index contributed by atoms with van der Waals surface area (Å²) in [5, 5.41) is 13.3. The summed E-state index contributed by atoms with van der Waals surface area (Å²) in [6.07, 6.45) is 1.07. The van der Waals surface area contributed by atoms with Crippen molar-refractivity contribution >= 4 is 17.7 Å². The highest BCUT2D eigenvalue weighted by atomic mass is 32.2. The minimum Gasteiger partial charge on any atom is -0.392 e. The zero-order chi connectivity index (χ0) is 27.9. The van der Waals surface area contributed by atoms with Crippen molar-refractivity contribution in [2.75, 3.05) is 5.75 Å². The van der Waals surface area contributed by atoms with Crippen LogP contribution in [0.25, 0.3) is 11.1 Å². The molecule has 4 atom stereocenters. The molecule has 1 amide bonds. The zero-order valence-corrected chi connectivity index (χ0v) is 23.5. The van der Waals surface area contributed by atoms with Crippen LogP contribution in [0.3, 0.4) is 0 Å². The number of carbonyl (C=O) groups excluding carboxylic acids is 1. The van der Waals surface area contributed by atoms with Crippen molar-refractivity contribution in [2.24, 2.45) is 5.92 Å². The molecule has 1 fully saturated rings. The van der Waals surface area contributed by atoms with Gasteiger partial charge in [0.1, 0.15) is 0 Å². The summed E-state index contributed by atoms with van der Waals surface area (Å²) in [6.45, 7) is 4.21. The van der Waals surface area contributed by atoms with Gasteiger partial charge in [0.15, 0.2) is 6.29 Å². The summed E-state index contributed by atoms with van der Waals surface area (Å²) in [5.41, 5.74) is 6.11. The minimum atomic E-state index is -0.520. The molecule has 0 unspecified atom stereocenters. The first-order valence-electron chi connectivity index (χ1n) is 13.5. The van der Waals surface area contributed by atoms with Crippen molar-refractivity contribution in [3.63, 3.8) is 0 Å². The summed E-state index contributed by atoms with van der Waals surface area (Å²) in [4.78, 5) is 15.8. The van der Waals surface area contributed by atoms with Crippen LogP contribution in [0.4, 0.5) is 0 Å². The maximum Gasteiger partial charge on any atom is 0.217 e. The molecule has 0 aliphatic carbocycles. The maximum atomic E-state index is 11.3. The molecule has 1 saturated heterocycles. The van der Waals surface area contributed by atoms with Crippen LogP contribution in [0, 0.1) is 5.92 Å². The lowest BCUT2D eigenvalue weighted by atomic mass is 9.91. The number of nitrogens with one attached hydrogen (secondary N) is 1. The lowest BCUT2D eigenvalue weighted by Gasteiger charge is -2.41. The molecule has 4 aromatic rings. The Bertz CT molecular complexity index is 1400. The molecule has 40 heavy (non-hydrogen) atoms. The number of ether oxygens (including phenoxy) is 2. The van der Waals surface area contributed by atoms with Crippen molar-refractivity contribution in [1.82, 2.24) is 10.3 Å². The lowest BCUT2D eigenvalue weighted by Crippen LogP contribution is -2.38. The third-order valence-electron chi connectivity index (χ3n) is 7.14. The maximum absolute atomic E-state index is 11.3. The minimum absolute atomic E-state index is 0.0128. The number of nitrogens with zero attached hydrogens (tertiary/aromatic N) is 1. The predicted octanol–water partition coefficient (Wildman–Crippen LogP) is 6.46. The van der Waals surface area contributed by atoms with Gasteiger partial charge in [-0.3, -0.25) is 4.79 Å². The van der Waals surface area contributed by atoms with Gasteiger partial charge in [0, 0.05) is 36.9 Å². The summed E-state index contributed by atoms with van der Waals surface area (Å²) in [7, 11) is 0. The zero-order valence-electron chi connectivity index (χ0n) is 22.7. The van der Waals surface area contributed by atoms with Gasteiger partial charge in [0.2, 0.25) is 5.91 Å². The van der Waals surface area contributed by atoms with Crippen LogP contribution in [-0.4, -0.2) is 27.9 Å².